The minimum Gasteiger partial charge on any atom is -0.354 e. The van der Waals surface area contributed by atoms with Gasteiger partial charge in [0.15, 0.2) is 0 Å². The molecule has 1 N–H and O–H groups in total. The Morgan fingerprint density at radius 2 is 1.62 bits per heavy atom. The number of rotatable bonds is 0. The zero-order chi connectivity index (χ0) is 15.0. The lowest BCUT2D eigenvalue weighted by Gasteiger charge is -2.08. The predicted molar refractivity (Wildman–Crippen MR) is 91.9 cm³/mol. The number of pyridine rings is 1. The van der Waals surface area contributed by atoms with Crippen LogP contribution < -0.4 is 0 Å². The van der Waals surface area contributed by atoms with Crippen molar-refractivity contribution >= 4 is 32.6 Å². The summed E-state index contributed by atoms with van der Waals surface area (Å²) in [6.45, 7) is 8.37. The Labute approximate surface area is 124 Å². The first-order chi connectivity index (χ1) is 10.3. The topological polar surface area (TPSA) is 28.7 Å². The van der Waals surface area contributed by atoms with Gasteiger partial charge in [-0.15, -0.1) is 0 Å². The zero-order valence-electron chi connectivity index (χ0n) is 13.0. The third kappa shape index (κ3) is 1.90. The third-order valence-corrected chi connectivity index (χ3v) is 4.09. The number of fused-ring (bicyclic) bond motifs is 4. The summed E-state index contributed by atoms with van der Waals surface area (Å²) in [7, 11) is 0. The molecule has 2 heteroatoms. The standard InChI is InChI=1S/C17H14N2.C2H6/c1-10-14-9-18-8-7-12(14)11(2)17-16(10)13-5-3-4-6-15(13)19-17;1-2/h3-9,19H,1-2H3;1-2H3. The molecule has 0 aliphatic carbocycles. The highest BCUT2D eigenvalue weighted by molar-refractivity contribution is 6.16. The van der Waals surface area contributed by atoms with Gasteiger partial charge in [0.05, 0.1) is 5.52 Å². The summed E-state index contributed by atoms with van der Waals surface area (Å²) in [6.07, 6.45) is 3.84. The van der Waals surface area contributed by atoms with Crippen LogP contribution in [0.4, 0.5) is 0 Å². The summed E-state index contributed by atoms with van der Waals surface area (Å²) >= 11 is 0. The quantitative estimate of drug-likeness (QED) is 0.450. The van der Waals surface area contributed by atoms with Crippen LogP contribution in [0.5, 0.6) is 0 Å². The van der Waals surface area contributed by atoms with Crippen molar-refractivity contribution in [3.05, 3.63) is 53.9 Å². The number of nitrogens with one attached hydrogen (secondary N) is 1. The van der Waals surface area contributed by atoms with E-state index >= 15 is 0 Å². The Morgan fingerprint density at radius 1 is 0.857 bits per heavy atom. The highest BCUT2D eigenvalue weighted by Crippen LogP contribution is 2.35. The molecular weight excluding hydrogens is 256 g/mol. The molecule has 0 unspecified atom stereocenters. The second-order valence-corrected chi connectivity index (χ2v) is 5.09. The van der Waals surface area contributed by atoms with Gasteiger partial charge >= 0.3 is 0 Å². The van der Waals surface area contributed by atoms with Crippen LogP contribution in [0, 0.1) is 13.8 Å². The maximum absolute atomic E-state index is 4.28. The van der Waals surface area contributed by atoms with Crippen molar-refractivity contribution in [3.8, 4) is 0 Å². The zero-order valence-corrected chi connectivity index (χ0v) is 13.0. The van der Waals surface area contributed by atoms with E-state index in [1.807, 2.05) is 26.2 Å². The Bertz CT molecular complexity index is 932. The molecule has 0 amide bonds. The van der Waals surface area contributed by atoms with Crippen LogP contribution in [0.3, 0.4) is 0 Å². The highest BCUT2D eigenvalue weighted by Gasteiger charge is 2.13. The van der Waals surface area contributed by atoms with Gasteiger partial charge < -0.3 is 4.98 Å². The fourth-order valence-electron chi connectivity index (χ4n) is 3.10. The van der Waals surface area contributed by atoms with Crippen LogP contribution in [0.1, 0.15) is 25.0 Å². The number of aromatic amines is 1. The lowest BCUT2D eigenvalue weighted by Crippen LogP contribution is -1.87. The second kappa shape index (κ2) is 5.21. The molecule has 0 saturated heterocycles. The molecule has 0 bridgehead atoms. The largest absolute Gasteiger partial charge is 0.354 e. The minimum absolute atomic E-state index is 1.20. The van der Waals surface area contributed by atoms with E-state index in [2.05, 4.69) is 54.1 Å². The molecule has 0 fully saturated rings. The van der Waals surface area contributed by atoms with Gasteiger partial charge in [-0.2, -0.15) is 0 Å². The smallest absolute Gasteiger partial charge is 0.0503 e. The maximum atomic E-state index is 4.28. The van der Waals surface area contributed by atoms with Crippen molar-refractivity contribution in [2.75, 3.05) is 0 Å². The predicted octanol–water partition coefficient (Wildman–Crippen LogP) is 5.51. The lowest BCUT2D eigenvalue weighted by molar-refractivity contribution is 1.35. The van der Waals surface area contributed by atoms with Crippen LogP contribution in [0.25, 0.3) is 32.6 Å². The van der Waals surface area contributed by atoms with Crippen LogP contribution in [-0.2, 0) is 0 Å². The summed E-state index contributed by atoms with van der Waals surface area (Å²) in [5.41, 5.74) is 5.06. The maximum Gasteiger partial charge on any atom is 0.0503 e. The molecule has 2 nitrogen and oxygen atoms in total. The minimum atomic E-state index is 1.20. The van der Waals surface area contributed by atoms with E-state index in [0.717, 1.165) is 0 Å². The number of aryl methyl sites for hydroxylation is 2. The fraction of sp³-hybridized carbons (Fsp3) is 0.211. The molecule has 0 aliphatic heterocycles. The van der Waals surface area contributed by atoms with Gasteiger partial charge in [0.2, 0.25) is 0 Å². The number of hydrogen-bond acceptors (Lipinski definition) is 1. The van der Waals surface area contributed by atoms with Gasteiger partial charge in [0.25, 0.3) is 0 Å². The Hall–Kier alpha value is -2.35. The molecule has 2 heterocycles. The molecule has 0 radical (unpaired) electrons. The van der Waals surface area contributed by atoms with E-state index in [9.17, 15) is 0 Å². The molecule has 0 spiro atoms. The second-order valence-electron chi connectivity index (χ2n) is 5.09. The van der Waals surface area contributed by atoms with Crippen LogP contribution in [0.2, 0.25) is 0 Å². The van der Waals surface area contributed by atoms with Crippen molar-refractivity contribution in [2.45, 2.75) is 27.7 Å². The van der Waals surface area contributed by atoms with Crippen LogP contribution >= 0.6 is 0 Å². The summed E-state index contributed by atoms with van der Waals surface area (Å²) in [5.74, 6) is 0. The summed E-state index contributed by atoms with van der Waals surface area (Å²) < 4.78 is 0. The Morgan fingerprint density at radius 3 is 2.43 bits per heavy atom. The van der Waals surface area contributed by atoms with E-state index in [-0.39, 0.29) is 0 Å². The first-order valence-electron chi connectivity index (χ1n) is 7.50. The molecule has 4 aromatic rings. The van der Waals surface area contributed by atoms with Crippen LogP contribution in [0.15, 0.2) is 42.7 Å². The van der Waals surface area contributed by atoms with Crippen molar-refractivity contribution in [1.82, 2.24) is 9.97 Å². The van der Waals surface area contributed by atoms with Crippen molar-refractivity contribution in [3.63, 3.8) is 0 Å². The number of nitrogens with zero attached hydrogens (tertiary/aromatic N) is 1. The fourth-order valence-corrected chi connectivity index (χ4v) is 3.10. The van der Waals surface area contributed by atoms with E-state index in [1.54, 1.807) is 0 Å². The SMILES string of the molecule is CC.Cc1c2ccncc2c(C)c2c1[nH]c1ccccc12. The molecular formula is C19H20N2. The number of H-pyrrole nitrogens is 1. The average Bonchev–Trinajstić information content (AvgIpc) is 2.94. The summed E-state index contributed by atoms with van der Waals surface area (Å²) in [5, 5.41) is 5.15. The number of para-hydroxylation sites is 1. The lowest BCUT2D eigenvalue weighted by atomic mass is 9.97. The monoisotopic (exact) mass is 276 g/mol. The molecule has 0 saturated carbocycles. The highest BCUT2D eigenvalue weighted by atomic mass is 14.7. The molecule has 21 heavy (non-hydrogen) atoms. The van der Waals surface area contributed by atoms with E-state index in [4.69, 9.17) is 0 Å². The number of hydrogen-bond donors (Lipinski definition) is 1. The molecule has 0 aliphatic rings. The average molecular weight is 276 g/mol. The van der Waals surface area contributed by atoms with Gasteiger partial charge in [-0.1, -0.05) is 32.0 Å². The van der Waals surface area contributed by atoms with Gasteiger partial charge in [-0.05, 0) is 42.5 Å². The summed E-state index contributed by atoms with van der Waals surface area (Å²) in [6, 6.07) is 10.6. The molecule has 0 atom stereocenters. The Kier molecular flexibility index (Phi) is 3.38. The Balaban J connectivity index is 0.000000636. The van der Waals surface area contributed by atoms with Gasteiger partial charge in [0, 0.05) is 34.1 Å². The van der Waals surface area contributed by atoms with E-state index in [0.29, 0.717) is 0 Å². The normalized spacial score (nSPS) is 10.9. The van der Waals surface area contributed by atoms with Gasteiger partial charge in [-0.3, -0.25) is 4.98 Å². The van der Waals surface area contributed by atoms with E-state index < -0.39 is 0 Å². The molecule has 2 aromatic carbocycles. The summed E-state index contributed by atoms with van der Waals surface area (Å²) in [4.78, 5) is 7.83. The van der Waals surface area contributed by atoms with Crippen molar-refractivity contribution < 1.29 is 0 Å². The first-order valence-corrected chi connectivity index (χ1v) is 7.50. The number of benzene rings is 2. The number of aromatic nitrogens is 2. The molecule has 2 aromatic heterocycles. The van der Waals surface area contributed by atoms with Gasteiger partial charge in [0.1, 0.15) is 0 Å². The van der Waals surface area contributed by atoms with Crippen molar-refractivity contribution in [1.29, 1.82) is 0 Å². The third-order valence-electron chi connectivity index (χ3n) is 4.09. The van der Waals surface area contributed by atoms with Gasteiger partial charge in [-0.25, -0.2) is 0 Å². The molecule has 4 rings (SSSR count). The van der Waals surface area contributed by atoms with Crippen molar-refractivity contribution in [2.24, 2.45) is 0 Å². The van der Waals surface area contributed by atoms with Crippen LogP contribution in [-0.4, -0.2) is 9.97 Å². The van der Waals surface area contributed by atoms with E-state index in [1.165, 1.54) is 43.7 Å². The molecule has 106 valence electrons. The first kappa shape index (κ1) is 13.6.